The lowest BCUT2D eigenvalue weighted by Crippen LogP contribution is -2.33. The Morgan fingerprint density at radius 3 is 3.00 bits per heavy atom. The van der Waals surface area contributed by atoms with Crippen LogP contribution in [0.4, 0.5) is 0 Å². The van der Waals surface area contributed by atoms with Crippen LogP contribution in [0.25, 0.3) is 0 Å². The van der Waals surface area contributed by atoms with Gasteiger partial charge in [0.25, 0.3) is 0 Å². The van der Waals surface area contributed by atoms with Gasteiger partial charge in [0.15, 0.2) is 0 Å². The first-order valence-corrected chi connectivity index (χ1v) is 3.83. The van der Waals surface area contributed by atoms with Crippen LogP contribution in [0.15, 0.2) is 11.8 Å². The summed E-state index contributed by atoms with van der Waals surface area (Å²) in [7, 11) is 0. The minimum absolute atomic E-state index is 0.202. The predicted octanol–water partition coefficient (Wildman–Crippen LogP) is 1.42. The summed E-state index contributed by atoms with van der Waals surface area (Å²) in [6.45, 7) is 4.06. The van der Waals surface area contributed by atoms with E-state index in [9.17, 15) is 0 Å². The molecule has 0 radical (unpaired) electrons. The zero-order valence-corrected chi connectivity index (χ0v) is 6.63. The van der Waals surface area contributed by atoms with Gasteiger partial charge in [0.2, 0.25) is 0 Å². The lowest BCUT2D eigenvalue weighted by Gasteiger charge is -2.17. The fraction of sp³-hybridized carbons (Fsp3) is 0.750. The van der Waals surface area contributed by atoms with E-state index in [0.717, 1.165) is 18.6 Å². The highest BCUT2D eigenvalue weighted by atomic mass is 16.5. The topological polar surface area (TPSA) is 35.2 Å². The molecule has 2 nitrogen and oxygen atoms in total. The van der Waals surface area contributed by atoms with E-state index in [1.165, 1.54) is 0 Å². The summed E-state index contributed by atoms with van der Waals surface area (Å²) < 4.78 is 5.45. The van der Waals surface area contributed by atoms with Gasteiger partial charge in [-0.3, -0.25) is 0 Å². The van der Waals surface area contributed by atoms with Gasteiger partial charge < -0.3 is 10.5 Å². The monoisotopic (exact) mass is 141 g/mol. The zero-order chi connectivity index (χ0) is 7.56. The summed E-state index contributed by atoms with van der Waals surface area (Å²) in [5.41, 5.74) is 5.78. The normalized spacial score (nSPS) is 27.5. The third-order valence-electron chi connectivity index (χ3n) is 1.92. The molecular weight excluding hydrogens is 126 g/mol. The van der Waals surface area contributed by atoms with Crippen LogP contribution in [0.1, 0.15) is 26.7 Å². The first-order chi connectivity index (χ1) is 4.74. The summed E-state index contributed by atoms with van der Waals surface area (Å²) in [6.07, 6.45) is 4.32. The maximum Gasteiger partial charge on any atom is 0.117 e. The van der Waals surface area contributed by atoms with E-state index in [4.69, 9.17) is 10.5 Å². The second kappa shape index (κ2) is 3.06. The molecule has 1 heterocycles. The van der Waals surface area contributed by atoms with Crippen molar-refractivity contribution in [3.8, 4) is 0 Å². The van der Waals surface area contributed by atoms with Crippen molar-refractivity contribution < 1.29 is 4.74 Å². The van der Waals surface area contributed by atoms with Gasteiger partial charge in [0, 0.05) is 12.5 Å². The van der Waals surface area contributed by atoms with Crippen molar-refractivity contribution in [1.82, 2.24) is 0 Å². The van der Waals surface area contributed by atoms with E-state index in [1.54, 1.807) is 0 Å². The molecule has 0 saturated carbocycles. The van der Waals surface area contributed by atoms with Crippen LogP contribution in [0, 0.1) is 0 Å². The number of hydrogen-bond donors (Lipinski definition) is 1. The Morgan fingerprint density at radius 2 is 2.60 bits per heavy atom. The molecule has 0 aliphatic carbocycles. The Bertz CT molecular complexity index is 142. The number of hydrogen-bond acceptors (Lipinski definition) is 2. The molecule has 0 aromatic heterocycles. The van der Waals surface area contributed by atoms with Crippen LogP contribution in [0.2, 0.25) is 0 Å². The first kappa shape index (κ1) is 7.61. The van der Waals surface area contributed by atoms with Gasteiger partial charge in [-0.25, -0.2) is 0 Å². The molecule has 0 fully saturated rings. The van der Waals surface area contributed by atoms with Gasteiger partial charge in [-0.15, -0.1) is 0 Å². The third kappa shape index (κ3) is 1.51. The lowest BCUT2D eigenvalue weighted by molar-refractivity contribution is 0.118. The van der Waals surface area contributed by atoms with Gasteiger partial charge in [0.1, 0.15) is 6.10 Å². The van der Waals surface area contributed by atoms with Gasteiger partial charge in [-0.2, -0.15) is 0 Å². The van der Waals surface area contributed by atoms with Crippen molar-refractivity contribution >= 4 is 0 Å². The van der Waals surface area contributed by atoms with Crippen LogP contribution in [-0.2, 0) is 4.74 Å². The molecule has 1 aliphatic rings. The molecule has 0 aromatic carbocycles. The van der Waals surface area contributed by atoms with E-state index < -0.39 is 0 Å². The molecule has 58 valence electrons. The van der Waals surface area contributed by atoms with Crippen molar-refractivity contribution in [2.24, 2.45) is 5.73 Å². The van der Waals surface area contributed by atoms with Crippen molar-refractivity contribution in [1.29, 1.82) is 0 Å². The van der Waals surface area contributed by atoms with Crippen molar-refractivity contribution in [2.45, 2.75) is 38.8 Å². The molecule has 2 heteroatoms. The molecule has 0 saturated heterocycles. The first-order valence-electron chi connectivity index (χ1n) is 3.83. The van der Waals surface area contributed by atoms with Crippen LogP contribution < -0.4 is 5.73 Å². The Balaban J connectivity index is 2.34. The number of rotatable bonds is 2. The predicted molar refractivity (Wildman–Crippen MR) is 41.5 cm³/mol. The summed E-state index contributed by atoms with van der Waals surface area (Å²) >= 11 is 0. The van der Waals surface area contributed by atoms with Crippen LogP contribution in [-0.4, -0.2) is 12.1 Å². The fourth-order valence-electron chi connectivity index (χ4n) is 1.14. The average Bonchev–Trinajstić information content (AvgIpc) is 2.34. The maximum atomic E-state index is 5.78. The summed E-state index contributed by atoms with van der Waals surface area (Å²) in [4.78, 5) is 0. The molecule has 0 bridgehead atoms. The lowest BCUT2D eigenvalue weighted by atomic mass is 10.1. The highest BCUT2D eigenvalue weighted by molar-refractivity contribution is 5.00. The zero-order valence-electron chi connectivity index (χ0n) is 6.63. The van der Waals surface area contributed by atoms with Gasteiger partial charge in [-0.1, -0.05) is 6.92 Å². The molecule has 0 amide bonds. The summed E-state index contributed by atoms with van der Waals surface area (Å²) in [5, 5.41) is 0. The standard InChI is InChI=1S/C8H15NO/c1-3-7(9)8-5-4-6(2)10-8/h4,7-8H,3,5,9H2,1-2H3/t7-,8?/m1/s1. The van der Waals surface area contributed by atoms with E-state index in [1.807, 2.05) is 6.92 Å². The van der Waals surface area contributed by atoms with Crippen LogP contribution in [0.5, 0.6) is 0 Å². The van der Waals surface area contributed by atoms with Crippen molar-refractivity contribution in [2.75, 3.05) is 0 Å². The van der Waals surface area contributed by atoms with Gasteiger partial charge in [0.05, 0.1) is 5.76 Å². The molecule has 1 aliphatic heterocycles. The Kier molecular flexibility index (Phi) is 2.33. The quantitative estimate of drug-likeness (QED) is 0.631. The Hall–Kier alpha value is -0.500. The van der Waals surface area contributed by atoms with Crippen molar-refractivity contribution in [3.63, 3.8) is 0 Å². The molecule has 1 rings (SSSR count). The molecular formula is C8H15NO. The van der Waals surface area contributed by atoms with Gasteiger partial charge in [-0.05, 0) is 19.4 Å². The largest absolute Gasteiger partial charge is 0.493 e. The van der Waals surface area contributed by atoms with Crippen LogP contribution >= 0.6 is 0 Å². The molecule has 2 atom stereocenters. The van der Waals surface area contributed by atoms with Crippen LogP contribution in [0.3, 0.4) is 0 Å². The number of nitrogens with two attached hydrogens (primary N) is 1. The SMILES string of the molecule is CC[C@@H](N)C1CC=C(C)O1. The third-order valence-corrected chi connectivity index (χ3v) is 1.92. The highest BCUT2D eigenvalue weighted by Gasteiger charge is 2.20. The highest BCUT2D eigenvalue weighted by Crippen LogP contribution is 2.19. The minimum atomic E-state index is 0.202. The number of allylic oxidation sites excluding steroid dienone is 1. The average molecular weight is 141 g/mol. The van der Waals surface area contributed by atoms with Gasteiger partial charge >= 0.3 is 0 Å². The second-order valence-electron chi connectivity index (χ2n) is 2.78. The van der Waals surface area contributed by atoms with E-state index in [2.05, 4.69) is 13.0 Å². The Labute approximate surface area is 62.1 Å². The second-order valence-corrected chi connectivity index (χ2v) is 2.78. The van der Waals surface area contributed by atoms with E-state index in [0.29, 0.717) is 0 Å². The smallest absolute Gasteiger partial charge is 0.117 e. The van der Waals surface area contributed by atoms with E-state index >= 15 is 0 Å². The summed E-state index contributed by atoms with van der Waals surface area (Å²) in [6, 6.07) is 0.202. The molecule has 0 aromatic rings. The molecule has 1 unspecified atom stereocenters. The fourth-order valence-corrected chi connectivity index (χ4v) is 1.14. The molecule has 2 N–H and O–H groups in total. The molecule has 0 spiro atoms. The minimum Gasteiger partial charge on any atom is -0.493 e. The number of ether oxygens (including phenoxy) is 1. The molecule has 10 heavy (non-hydrogen) atoms. The Morgan fingerprint density at radius 1 is 1.90 bits per heavy atom. The summed E-state index contributed by atoms with van der Waals surface area (Å²) in [5.74, 6) is 1.02. The maximum absolute atomic E-state index is 5.78. The van der Waals surface area contributed by atoms with Crippen molar-refractivity contribution in [3.05, 3.63) is 11.8 Å². The van der Waals surface area contributed by atoms with E-state index in [-0.39, 0.29) is 12.1 Å².